The van der Waals surface area contributed by atoms with E-state index in [4.69, 9.17) is 4.98 Å². The van der Waals surface area contributed by atoms with Gasteiger partial charge in [-0.05, 0) is 59.3 Å². The third-order valence-electron chi connectivity index (χ3n) is 4.31. The average molecular weight is 451 g/mol. The second kappa shape index (κ2) is 7.66. The number of anilines is 1. The molecule has 4 aromatic rings. The zero-order chi connectivity index (χ0) is 19.7. The van der Waals surface area contributed by atoms with E-state index in [0.29, 0.717) is 16.8 Å². The van der Waals surface area contributed by atoms with E-state index >= 15 is 0 Å². The lowest BCUT2D eigenvalue weighted by molar-refractivity contribution is 0.101. The summed E-state index contributed by atoms with van der Waals surface area (Å²) in [6.45, 7) is 1.50. The Morgan fingerprint density at radius 2 is 1.82 bits per heavy atom. The normalized spacial score (nSPS) is 10.8. The zero-order valence-corrected chi connectivity index (χ0v) is 17.3. The first-order valence-electron chi connectivity index (χ1n) is 8.59. The van der Waals surface area contributed by atoms with Crippen LogP contribution in [0.1, 0.15) is 27.6 Å². The lowest BCUT2D eigenvalue weighted by atomic mass is 10.1. The van der Waals surface area contributed by atoms with E-state index in [1.54, 1.807) is 35.6 Å². The highest BCUT2D eigenvalue weighted by Gasteiger charge is 2.15. The largest absolute Gasteiger partial charge is 0.322 e. The Bertz CT molecular complexity index is 1220. The lowest BCUT2D eigenvalue weighted by Crippen LogP contribution is -2.13. The number of halogens is 1. The van der Waals surface area contributed by atoms with Gasteiger partial charge in [-0.2, -0.15) is 0 Å². The second-order valence-corrected chi connectivity index (χ2v) is 8.73. The van der Waals surface area contributed by atoms with E-state index < -0.39 is 0 Å². The molecule has 1 amide bonds. The highest BCUT2D eigenvalue weighted by molar-refractivity contribution is 9.11. The van der Waals surface area contributed by atoms with Crippen molar-refractivity contribution in [1.82, 2.24) is 4.98 Å². The third-order valence-corrected chi connectivity index (χ3v) is 5.96. The fourth-order valence-corrected chi connectivity index (χ4v) is 4.30. The predicted molar refractivity (Wildman–Crippen MR) is 117 cm³/mol. The number of benzene rings is 2. The Hall–Kier alpha value is -2.83. The number of para-hydroxylation sites is 1. The molecule has 0 fully saturated rings. The van der Waals surface area contributed by atoms with E-state index in [2.05, 4.69) is 21.2 Å². The van der Waals surface area contributed by atoms with E-state index in [0.717, 1.165) is 25.3 Å². The van der Waals surface area contributed by atoms with Crippen LogP contribution < -0.4 is 5.32 Å². The summed E-state index contributed by atoms with van der Waals surface area (Å²) in [5, 5.41) is 3.68. The molecule has 2 heterocycles. The molecule has 0 aliphatic rings. The number of rotatable bonds is 4. The quantitative estimate of drug-likeness (QED) is 0.377. The number of hydrogen-bond acceptors (Lipinski definition) is 4. The number of Topliss-reactive ketones (excluding diaryl/α,β-unsaturated/α-hetero) is 1. The molecule has 0 aliphatic carbocycles. The standard InChI is InChI=1S/C22H15BrN2O2S/c1-13(26)14-5-4-6-15(11-14)24-22(27)17-12-19(20-9-10-21(23)28-20)25-18-8-3-2-7-16(17)18/h2-12H,1H3,(H,24,27). The van der Waals surface area contributed by atoms with Gasteiger partial charge in [0, 0.05) is 16.6 Å². The van der Waals surface area contributed by atoms with Crippen molar-refractivity contribution in [3.63, 3.8) is 0 Å². The molecular formula is C22H15BrN2O2S. The molecule has 6 heteroatoms. The SMILES string of the molecule is CC(=O)c1cccc(NC(=O)c2cc(-c3ccc(Br)s3)nc3ccccc23)c1. The van der Waals surface area contributed by atoms with Crippen LogP contribution in [0.2, 0.25) is 0 Å². The van der Waals surface area contributed by atoms with E-state index in [-0.39, 0.29) is 11.7 Å². The van der Waals surface area contributed by atoms with Gasteiger partial charge in [-0.1, -0.05) is 30.3 Å². The number of carbonyl (C=O) groups is 2. The van der Waals surface area contributed by atoms with Crippen LogP contribution in [0.5, 0.6) is 0 Å². The number of fused-ring (bicyclic) bond motifs is 1. The van der Waals surface area contributed by atoms with Gasteiger partial charge in [0.15, 0.2) is 5.78 Å². The second-order valence-electron chi connectivity index (χ2n) is 6.27. The molecule has 138 valence electrons. The number of amides is 1. The van der Waals surface area contributed by atoms with E-state index in [1.165, 1.54) is 6.92 Å². The topological polar surface area (TPSA) is 59.1 Å². The number of hydrogen-bond donors (Lipinski definition) is 1. The van der Waals surface area contributed by atoms with Crippen LogP contribution in [-0.2, 0) is 0 Å². The Labute approximate surface area is 174 Å². The molecule has 0 unspecified atom stereocenters. The maximum absolute atomic E-state index is 13.1. The summed E-state index contributed by atoms with van der Waals surface area (Å²) < 4.78 is 1.00. The first kappa shape index (κ1) is 18.5. The van der Waals surface area contributed by atoms with Crippen LogP contribution in [-0.4, -0.2) is 16.7 Å². The van der Waals surface area contributed by atoms with Crippen LogP contribution in [0.3, 0.4) is 0 Å². The summed E-state index contributed by atoms with van der Waals surface area (Å²) in [6.07, 6.45) is 0. The van der Waals surface area contributed by atoms with Gasteiger partial charge in [-0.15, -0.1) is 11.3 Å². The van der Waals surface area contributed by atoms with Gasteiger partial charge in [0.05, 0.1) is 25.4 Å². The molecular weight excluding hydrogens is 436 g/mol. The Kier molecular flexibility index (Phi) is 5.07. The summed E-state index contributed by atoms with van der Waals surface area (Å²) in [6, 6.07) is 20.3. The number of nitrogens with one attached hydrogen (secondary N) is 1. The first-order valence-corrected chi connectivity index (χ1v) is 10.2. The molecule has 4 nitrogen and oxygen atoms in total. The molecule has 0 spiro atoms. The minimum atomic E-state index is -0.240. The third kappa shape index (κ3) is 3.74. The molecule has 0 radical (unpaired) electrons. The van der Waals surface area contributed by atoms with Crippen LogP contribution in [0.25, 0.3) is 21.5 Å². The van der Waals surface area contributed by atoms with Crippen LogP contribution in [0.4, 0.5) is 5.69 Å². The smallest absolute Gasteiger partial charge is 0.256 e. The van der Waals surface area contributed by atoms with Crippen molar-refractivity contribution in [3.8, 4) is 10.6 Å². The van der Waals surface area contributed by atoms with Crippen molar-refractivity contribution in [1.29, 1.82) is 0 Å². The molecule has 28 heavy (non-hydrogen) atoms. The van der Waals surface area contributed by atoms with Crippen molar-refractivity contribution in [2.24, 2.45) is 0 Å². The summed E-state index contributed by atoms with van der Waals surface area (Å²) in [7, 11) is 0. The van der Waals surface area contributed by atoms with Crippen LogP contribution >= 0.6 is 27.3 Å². The highest BCUT2D eigenvalue weighted by Crippen LogP contribution is 2.32. The molecule has 4 rings (SSSR count). The lowest BCUT2D eigenvalue weighted by Gasteiger charge is -2.10. The summed E-state index contributed by atoms with van der Waals surface area (Å²) in [5.74, 6) is -0.285. The first-order chi connectivity index (χ1) is 13.5. The summed E-state index contributed by atoms with van der Waals surface area (Å²) in [5.41, 5.74) is 3.18. The molecule has 2 aromatic heterocycles. The van der Waals surface area contributed by atoms with Gasteiger partial charge in [-0.3, -0.25) is 9.59 Å². The van der Waals surface area contributed by atoms with Crippen molar-refractivity contribution in [3.05, 3.63) is 81.6 Å². The Morgan fingerprint density at radius 1 is 1.00 bits per heavy atom. The fourth-order valence-electron chi connectivity index (χ4n) is 2.96. The molecule has 0 aliphatic heterocycles. The van der Waals surface area contributed by atoms with Gasteiger partial charge >= 0.3 is 0 Å². The maximum atomic E-state index is 13.1. The van der Waals surface area contributed by atoms with Crippen molar-refractivity contribution >= 4 is 55.5 Å². The zero-order valence-electron chi connectivity index (χ0n) is 14.9. The average Bonchev–Trinajstić information content (AvgIpc) is 3.13. The molecule has 2 aromatic carbocycles. The summed E-state index contributed by atoms with van der Waals surface area (Å²) in [4.78, 5) is 30.4. The molecule has 1 N–H and O–H groups in total. The Morgan fingerprint density at radius 3 is 2.57 bits per heavy atom. The number of carbonyl (C=O) groups excluding carboxylic acids is 2. The Balaban J connectivity index is 1.77. The number of thiophene rings is 1. The van der Waals surface area contributed by atoms with Gasteiger partial charge < -0.3 is 5.32 Å². The minimum absolute atomic E-state index is 0.0454. The van der Waals surface area contributed by atoms with Crippen molar-refractivity contribution < 1.29 is 9.59 Å². The van der Waals surface area contributed by atoms with Crippen molar-refractivity contribution in [2.45, 2.75) is 6.92 Å². The van der Waals surface area contributed by atoms with Gasteiger partial charge in [0.25, 0.3) is 5.91 Å². The van der Waals surface area contributed by atoms with Crippen LogP contribution in [0, 0.1) is 0 Å². The van der Waals surface area contributed by atoms with E-state index in [1.807, 2.05) is 42.5 Å². The van der Waals surface area contributed by atoms with Gasteiger partial charge in [-0.25, -0.2) is 4.98 Å². The fraction of sp³-hybridized carbons (Fsp3) is 0.0455. The number of ketones is 1. The minimum Gasteiger partial charge on any atom is -0.322 e. The molecule has 0 saturated heterocycles. The van der Waals surface area contributed by atoms with Crippen molar-refractivity contribution in [2.75, 3.05) is 5.32 Å². The van der Waals surface area contributed by atoms with Gasteiger partial charge in [0.2, 0.25) is 0 Å². The summed E-state index contributed by atoms with van der Waals surface area (Å²) >= 11 is 5.04. The number of aromatic nitrogens is 1. The molecule has 0 saturated carbocycles. The maximum Gasteiger partial charge on any atom is 0.256 e. The molecule has 0 atom stereocenters. The highest BCUT2D eigenvalue weighted by atomic mass is 79.9. The van der Waals surface area contributed by atoms with Crippen LogP contribution in [0.15, 0.2) is 70.5 Å². The van der Waals surface area contributed by atoms with E-state index in [9.17, 15) is 9.59 Å². The molecule has 0 bridgehead atoms. The van der Waals surface area contributed by atoms with Gasteiger partial charge in [0.1, 0.15) is 0 Å². The monoisotopic (exact) mass is 450 g/mol. The number of pyridine rings is 1. The number of nitrogens with zero attached hydrogens (tertiary/aromatic N) is 1. The predicted octanol–water partition coefficient (Wildman–Crippen LogP) is 6.18.